The smallest absolute Gasteiger partial charge is 0.329 e. The molecule has 2 aromatic carbocycles. The summed E-state index contributed by atoms with van der Waals surface area (Å²) in [6, 6.07) is 12.5. The van der Waals surface area contributed by atoms with Crippen LogP contribution in [0.2, 0.25) is 0 Å². The summed E-state index contributed by atoms with van der Waals surface area (Å²) in [6.45, 7) is 0.364. The average molecular weight is 452 g/mol. The van der Waals surface area contributed by atoms with Gasteiger partial charge in [0.1, 0.15) is 0 Å². The van der Waals surface area contributed by atoms with Crippen LogP contribution in [0.3, 0.4) is 0 Å². The Morgan fingerprint density at radius 1 is 1.11 bits per heavy atom. The van der Waals surface area contributed by atoms with Crippen LogP contribution in [0.15, 0.2) is 51.5 Å². The summed E-state index contributed by atoms with van der Waals surface area (Å²) in [5, 5.41) is 3.37. The molecule has 9 heteroatoms. The van der Waals surface area contributed by atoms with Crippen LogP contribution in [-0.2, 0) is 23.9 Å². The van der Waals surface area contributed by atoms with Crippen LogP contribution in [0.5, 0.6) is 0 Å². The molecule has 0 saturated carbocycles. The molecule has 0 fully saturated rings. The highest BCUT2D eigenvalue weighted by atomic mass is 79.9. The molecule has 0 atom stereocenters. The van der Waals surface area contributed by atoms with E-state index < -0.39 is 12.1 Å². The van der Waals surface area contributed by atoms with Crippen molar-refractivity contribution in [2.75, 3.05) is 4.90 Å². The van der Waals surface area contributed by atoms with Crippen molar-refractivity contribution in [3.63, 3.8) is 0 Å². The normalized spacial score (nSPS) is 14.3. The molecule has 5 nitrogen and oxygen atoms in total. The first-order valence-corrected chi connectivity index (χ1v) is 9.19. The highest BCUT2D eigenvalue weighted by Gasteiger charge is 2.38. The van der Waals surface area contributed by atoms with Gasteiger partial charge in [0.2, 0.25) is 11.7 Å². The van der Waals surface area contributed by atoms with Crippen LogP contribution < -0.4 is 4.90 Å². The Bertz CT molecular complexity index is 1030. The molecule has 1 aliphatic rings. The number of hydrogen-bond donors (Lipinski definition) is 0. The van der Waals surface area contributed by atoms with E-state index in [0.717, 1.165) is 21.3 Å². The van der Waals surface area contributed by atoms with Gasteiger partial charge in [0.25, 0.3) is 0 Å². The predicted octanol–water partition coefficient (Wildman–Crippen LogP) is 5.00. The lowest BCUT2D eigenvalue weighted by molar-refractivity contribution is -0.159. The summed E-state index contributed by atoms with van der Waals surface area (Å²) in [6.07, 6.45) is -3.53. The number of rotatable bonds is 3. The number of amides is 1. The van der Waals surface area contributed by atoms with Gasteiger partial charge >= 0.3 is 12.1 Å². The summed E-state index contributed by atoms with van der Waals surface area (Å²) in [5.41, 5.74) is 3.20. The number of carbonyl (C=O) groups is 1. The van der Waals surface area contributed by atoms with Crippen molar-refractivity contribution in [2.24, 2.45) is 0 Å². The molecule has 0 bridgehead atoms. The van der Waals surface area contributed by atoms with Gasteiger partial charge in [-0.15, -0.1) is 0 Å². The third kappa shape index (κ3) is 3.66. The van der Waals surface area contributed by atoms with Crippen molar-refractivity contribution in [1.29, 1.82) is 0 Å². The Morgan fingerprint density at radius 3 is 2.54 bits per heavy atom. The van der Waals surface area contributed by atoms with E-state index >= 15 is 0 Å². The minimum atomic E-state index is -4.68. The zero-order chi connectivity index (χ0) is 19.9. The Kier molecular flexibility index (Phi) is 4.70. The number of carbonyl (C=O) groups excluding carboxylic acids is 1. The number of aromatic nitrogens is 2. The third-order valence-corrected chi connectivity index (χ3v) is 4.96. The average Bonchev–Trinajstić information content (AvgIpc) is 3.15. The van der Waals surface area contributed by atoms with E-state index in [9.17, 15) is 18.0 Å². The first kappa shape index (κ1) is 18.7. The molecule has 1 aromatic heterocycles. The lowest BCUT2D eigenvalue weighted by atomic mass is 10.0. The van der Waals surface area contributed by atoms with E-state index in [1.54, 1.807) is 29.2 Å². The Hall–Kier alpha value is -2.68. The van der Waals surface area contributed by atoms with E-state index in [4.69, 9.17) is 0 Å². The molecule has 144 valence electrons. The topological polar surface area (TPSA) is 59.2 Å². The maximum Gasteiger partial charge on any atom is 0.471 e. The number of fused-ring (bicyclic) bond motifs is 1. The monoisotopic (exact) mass is 451 g/mol. The number of anilines is 1. The van der Waals surface area contributed by atoms with Crippen LogP contribution in [0.1, 0.15) is 23.4 Å². The fraction of sp³-hybridized carbons (Fsp3) is 0.211. The van der Waals surface area contributed by atoms with Crippen LogP contribution in [-0.4, -0.2) is 16.0 Å². The zero-order valence-corrected chi connectivity index (χ0v) is 15.9. The lowest BCUT2D eigenvalue weighted by Gasteiger charge is -2.29. The summed E-state index contributed by atoms with van der Waals surface area (Å²) in [5.74, 6) is -1.49. The Labute approximate surface area is 166 Å². The first-order valence-electron chi connectivity index (χ1n) is 8.40. The number of benzene rings is 2. The summed E-state index contributed by atoms with van der Waals surface area (Å²) >= 11 is 3.43. The third-order valence-electron chi connectivity index (χ3n) is 4.47. The van der Waals surface area contributed by atoms with Crippen LogP contribution in [0.25, 0.3) is 11.4 Å². The van der Waals surface area contributed by atoms with Gasteiger partial charge < -0.3 is 9.42 Å². The fourth-order valence-corrected chi connectivity index (χ4v) is 3.43. The number of nitrogens with zero attached hydrogens (tertiary/aromatic N) is 3. The minimum absolute atomic E-state index is 0.0302. The van der Waals surface area contributed by atoms with Gasteiger partial charge in [0, 0.05) is 22.1 Å². The summed E-state index contributed by atoms with van der Waals surface area (Å²) < 4.78 is 42.9. The Morgan fingerprint density at radius 2 is 1.86 bits per heavy atom. The van der Waals surface area contributed by atoms with E-state index in [0.29, 0.717) is 24.9 Å². The standard InChI is InChI=1S/C19H13BrF3N3O2/c20-14-7-5-12-6-8-16(27)26(15(12)9-14)10-11-1-3-13(4-2-11)17-24-18(28-25-17)19(21,22)23/h1-5,7,9H,6,8,10H2. The molecule has 0 spiro atoms. The van der Waals surface area contributed by atoms with E-state index in [2.05, 4.69) is 30.6 Å². The molecule has 1 amide bonds. The zero-order valence-electron chi connectivity index (χ0n) is 14.3. The molecule has 0 radical (unpaired) electrons. The summed E-state index contributed by atoms with van der Waals surface area (Å²) in [7, 11) is 0. The van der Waals surface area contributed by atoms with Crippen molar-refractivity contribution < 1.29 is 22.5 Å². The number of alkyl halides is 3. The number of aryl methyl sites for hydroxylation is 1. The minimum Gasteiger partial charge on any atom is -0.329 e. The van der Waals surface area contributed by atoms with Crippen LogP contribution in [0, 0.1) is 0 Å². The van der Waals surface area contributed by atoms with Crippen LogP contribution >= 0.6 is 15.9 Å². The van der Waals surface area contributed by atoms with Gasteiger partial charge in [-0.05, 0) is 29.7 Å². The van der Waals surface area contributed by atoms with Crippen molar-refractivity contribution in [3.8, 4) is 11.4 Å². The van der Waals surface area contributed by atoms with Gasteiger partial charge in [-0.2, -0.15) is 18.2 Å². The maximum atomic E-state index is 12.6. The van der Waals surface area contributed by atoms with Crippen molar-refractivity contribution >= 4 is 27.5 Å². The van der Waals surface area contributed by atoms with Crippen LogP contribution in [0.4, 0.5) is 18.9 Å². The van der Waals surface area contributed by atoms with E-state index in [1.165, 1.54) is 0 Å². The Balaban J connectivity index is 1.56. The molecule has 1 aliphatic heterocycles. The molecular formula is C19H13BrF3N3O2. The van der Waals surface area contributed by atoms with E-state index in [1.807, 2.05) is 18.2 Å². The van der Waals surface area contributed by atoms with Crippen molar-refractivity contribution in [1.82, 2.24) is 10.1 Å². The lowest BCUT2D eigenvalue weighted by Crippen LogP contribution is -2.34. The fourth-order valence-electron chi connectivity index (χ4n) is 3.08. The highest BCUT2D eigenvalue weighted by Crippen LogP contribution is 2.32. The molecule has 2 heterocycles. The van der Waals surface area contributed by atoms with E-state index in [-0.39, 0.29) is 11.7 Å². The highest BCUT2D eigenvalue weighted by molar-refractivity contribution is 9.10. The van der Waals surface area contributed by atoms with Gasteiger partial charge in [-0.1, -0.05) is 51.4 Å². The molecule has 0 N–H and O–H groups in total. The predicted molar refractivity (Wildman–Crippen MR) is 98.4 cm³/mol. The molecule has 4 rings (SSSR count). The SMILES string of the molecule is O=C1CCc2ccc(Br)cc2N1Cc1ccc(-c2noc(C(F)(F)F)n2)cc1. The van der Waals surface area contributed by atoms with Gasteiger partial charge in [-0.3, -0.25) is 4.79 Å². The second kappa shape index (κ2) is 7.05. The molecule has 28 heavy (non-hydrogen) atoms. The second-order valence-corrected chi connectivity index (χ2v) is 7.29. The molecule has 3 aromatic rings. The van der Waals surface area contributed by atoms with Crippen molar-refractivity contribution in [3.05, 3.63) is 64.0 Å². The van der Waals surface area contributed by atoms with Gasteiger partial charge in [0.15, 0.2) is 0 Å². The molecule has 0 saturated heterocycles. The first-order chi connectivity index (χ1) is 13.3. The molecule has 0 unspecified atom stereocenters. The largest absolute Gasteiger partial charge is 0.471 e. The molecular weight excluding hydrogens is 439 g/mol. The number of halogens is 4. The second-order valence-electron chi connectivity index (χ2n) is 6.37. The number of hydrogen-bond acceptors (Lipinski definition) is 4. The summed E-state index contributed by atoms with van der Waals surface area (Å²) in [4.78, 5) is 17.5. The molecule has 0 aliphatic carbocycles. The van der Waals surface area contributed by atoms with Gasteiger partial charge in [0.05, 0.1) is 6.54 Å². The van der Waals surface area contributed by atoms with Crippen molar-refractivity contribution in [2.45, 2.75) is 25.6 Å². The van der Waals surface area contributed by atoms with Gasteiger partial charge in [-0.25, -0.2) is 0 Å². The maximum absolute atomic E-state index is 12.6. The quantitative estimate of drug-likeness (QED) is 0.562.